The molecule has 0 amide bonds. The Morgan fingerprint density at radius 3 is 2.64 bits per heavy atom. The highest BCUT2D eigenvalue weighted by atomic mass is 16.4. The van der Waals surface area contributed by atoms with Gasteiger partial charge in [-0.2, -0.15) is 0 Å². The molecule has 1 heterocycles. The number of rotatable bonds is 7. The van der Waals surface area contributed by atoms with Gasteiger partial charge < -0.3 is 5.11 Å². The fourth-order valence-corrected chi connectivity index (χ4v) is 3.52. The van der Waals surface area contributed by atoms with E-state index in [9.17, 15) is 4.79 Å². The molecule has 2 fully saturated rings. The Morgan fingerprint density at radius 2 is 1.95 bits per heavy atom. The van der Waals surface area contributed by atoms with Crippen LogP contribution in [0.2, 0.25) is 0 Å². The van der Waals surface area contributed by atoms with E-state index in [0.717, 1.165) is 32.5 Å². The number of benzene rings is 1. The molecule has 1 saturated heterocycles. The molecule has 22 heavy (non-hydrogen) atoms. The summed E-state index contributed by atoms with van der Waals surface area (Å²) < 4.78 is 0. The van der Waals surface area contributed by atoms with E-state index in [-0.39, 0.29) is 6.54 Å². The van der Waals surface area contributed by atoms with E-state index < -0.39 is 5.97 Å². The van der Waals surface area contributed by atoms with E-state index in [4.69, 9.17) is 5.11 Å². The molecule has 1 aliphatic carbocycles. The third kappa shape index (κ3) is 4.31. The summed E-state index contributed by atoms with van der Waals surface area (Å²) in [4.78, 5) is 15.8. The Hall–Kier alpha value is -1.39. The van der Waals surface area contributed by atoms with Gasteiger partial charge in [0.15, 0.2) is 0 Å². The van der Waals surface area contributed by atoms with Crippen LogP contribution >= 0.6 is 0 Å². The Bertz CT molecular complexity index is 487. The molecule has 1 aromatic carbocycles. The van der Waals surface area contributed by atoms with Gasteiger partial charge in [0.05, 0.1) is 6.54 Å². The number of hydrogen-bond acceptors (Lipinski definition) is 3. The van der Waals surface area contributed by atoms with Crippen molar-refractivity contribution < 1.29 is 9.90 Å². The van der Waals surface area contributed by atoms with Gasteiger partial charge in [-0.3, -0.25) is 14.6 Å². The summed E-state index contributed by atoms with van der Waals surface area (Å²) in [6, 6.07) is 11.7. The third-order valence-electron chi connectivity index (χ3n) is 4.82. The number of aliphatic carboxylic acids is 1. The van der Waals surface area contributed by atoms with Crippen LogP contribution < -0.4 is 0 Å². The summed E-state index contributed by atoms with van der Waals surface area (Å²) in [5, 5.41) is 9.12. The average molecular weight is 302 g/mol. The van der Waals surface area contributed by atoms with Gasteiger partial charge in [0, 0.05) is 25.2 Å². The monoisotopic (exact) mass is 302 g/mol. The molecule has 0 spiro atoms. The Balaban J connectivity index is 1.63. The van der Waals surface area contributed by atoms with E-state index in [1.807, 2.05) is 0 Å². The molecule has 2 aliphatic rings. The van der Waals surface area contributed by atoms with Crippen LogP contribution in [0, 0.1) is 0 Å². The van der Waals surface area contributed by atoms with Crippen LogP contribution in [0.4, 0.5) is 0 Å². The third-order valence-corrected chi connectivity index (χ3v) is 4.82. The van der Waals surface area contributed by atoms with Crippen LogP contribution in [-0.4, -0.2) is 52.6 Å². The maximum atomic E-state index is 11.1. The molecule has 1 N–H and O–H groups in total. The van der Waals surface area contributed by atoms with Crippen molar-refractivity contribution in [1.82, 2.24) is 9.80 Å². The minimum atomic E-state index is -0.701. The van der Waals surface area contributed by atoms with E-state index in [0.29, 0.717) is 12.1 Å². The van der Waals surface area contributed by atoms with Crippen molar-refractivity contribution in [3.8, 4) is 0 Å². The summed E-state index contributed by atoms with van der Waals surface area (Å²) >= 11 is 0. The molecule has 1 aromatic rings. The number of carboxylic acids is 1. The van der Waals surface area contributed by atoms with Gasteiger partial charge in [-0.15, -0.1) is 0 Å². The maximum Gasteiger partial charge on any atom is 0.317 e. The van der Waals surface area contributed by atoms with Crippen molar-refractivity contribution >= 4 is 5.97 Å². The molecule has 0 bridgehead atoms. The highest BCUT2D eigenvalue weighted by Gasteiger charge is 2.33. The van der Waals surface area contributed by atoms with Crippen molar-refractivity contribution in [3.05, 3.63) is 35.9 Å². The number of carbonyl (C=O) groups is 1. The van der Waals surface area contributed by atoms with Crippen molar-refractivity contribution in [2.24, 2.45) is 0 Å². The van der Waals surface area contributed by atoms with E-state index in [1.54, 1.807) is 0 Å². The van der Waals surface area contributed by atoms with E-state index in [2.05, 4.69) is 40.1 Å². The second kappa shape index (κ2) is 7.25. The quantitative estimate of drug-likeness (QED) is 0.841. The summed E-state index contributed by atoms with van der Waals surface area (Å²) in [6.07, 6.45) is 6.07. The fourth-order valence-electron chi connectivity index (χ4n) is 3.52. The molecule has 1 saturated carbocycles. The van der Waals surface area contributed by atoms with Gasteiger partial charge in [0.25, 0.3) is 0 Å². The van der Waals surface area contributed by atoms with Gasteiger partial charge in [0.2, 0.25) is 0 Å². The molecule has 1 atom stereocenters. The van der Waals surface area contributed by atoms with E-state index in [1.165, 1.54) is 24.8 Å². The average Bonchev–Trinajstić information content (AvgIpc) is 3.34. The first kappa shape index (κ1) is 15.5. The lowest BCUT2D eigenvalue weighted by Crippen LogP contribution is -2.48. The number of hydrogen-bond donors (Lipinski definition) is 1. The summed E-state index contributed by atoms with van der Waals surface area (Å²) in [7, 11) is 0. The zero-order valence-corrected chi connectivity index (χ0v) is 13.2. The lowest BCUT2D eigenvalue weighted by atomic mass is 10.0. The number of likely N-dealkylation sites (tertiary alicyclic amines) is 1. The van der Waals surface area contributed by atoms with Crippen LogP contribution in [0.25, 0.3) is 0 Å². The predicted octanol–water partition coefficient (Wildman–Crippen LogP) is 2.59. The van der Waals surface area contributed by atoms with Crippen LogP contribution in [0.5, 0.6) is 0 Å². The largest absolute Gasteiger partial charge is 0.480 e. The highest BCUT2D eigenvalue weighted by molar-refractivity contribution is 5.69. The van der Waals surface area contributed by atoms with Crippen LogP contribution in [0.15, 0.2) is 30.3 Å². The second-order valence-electron chi connectivity index (χ2n) is 6.66. The predicted molar refractivity (Wildman–Crippen MR) is 86.7 cm³/mol. The summed E-state index contributed by atoms with van der Waals surface area (Å²) in [5.41, 5.74) is 1.36. The first-order valence-electron chi connectivity index (χ1n) is 8.46. The number of nitrogens with zero attached hydrogens (tertiary/aromatic N) is 2. The topological polar surface area (TPSA) is 43.8 Å². The van der Waals surface area contributed by atoms with Crippen molar-refractivity contribution in [1.29, 1.82) is 0 Å². The molecule has 120 valence electrons. The molecular weight excluding hydrogens is 276 g/mol. The molecular formula is C18H26N2O2. The van der Waals surface area contributed by atoms with Crippen LogP contribution in [-0.2, 0) is 11.3 Å². The molecule has 0 radical (unpaired) electrons. The minimum Gasteiger partial charge on any atom is -0.480 e. The lowest BCUT2D eigenvalue weighted by Gasteiger charge is -2.38. The SMILES string of the molecule is O=C(O)CN1CCCCC1CN(Cc1ccccc1)C1CC1. The molecule has 1 aliphatic heterocycles. The molecule has 0 aromatic heterocycles. The first-order valence-corrected chi connectivity index (χ1v) is 8.46. The van der Waals surface area contributed by atoms with Gasteiger partial charge in [-0.25, -0.2) is 0 Å². The highest BCUT2D eigenvalue weighted by Crippen LogP contribution is 2.30. The number of piperidine rings is 1. The Morgan fingerprint density at radius 1 is 1.18 bits per heavy atom. The fraction of sp³-hybridized carbons (Fsp3) is 0.611. The van der Waals surface area contributed by atoms with Crippen LogP contribution in [0.3, 0.4) is 0 Å². The van der Waals surface area contributed by atoms with Gasteiger partial charge >= 0.3 is 5.97 Å². The smallest absolute Gasteiger partial charge is 0.317 e. The molecule has 4 nitrogen and oxygen atoms in total. The Labute approximate surface area is 132 Å². The van der Waals surface area contributed by atoms with Crippen molar-refractivity contribution in [3.63, 3.8) is 0 Å². The van der Waals surface area contributed by atoms with Gasteiger partial charge in [0.1, 0.15) is 0 Å². The van der Waals surface area contributed by atoms with E-state index >= 15 is 0 Å². The summed E-state index contributed by atoms with van der Waals surface area (Å²) in [5.74, 6) is -0.701. The standard InChI is InChI=1S/C18H26N2O2/c21-18(22)14-19-11-5-4-8-17(19)13-20(16-9-10-16)12-15-6-2-1-3-7-15/h1-3,6-7,16-17H,4-5,8-14H2,(H,21,22). The van der Waals surface area contributed by atoms with Crippen LogP contribution in [0.1, 0.15) is 37.7 Å². The normalized spacial score (nSPS) is 22.9. The van der Waals surface area contributed by atoms with Gasteiger partial charge in [-0.05, 0) is 37.8 Å². The maximum absolute atomic E-state index is 11.1. The Kier molecular flexibility index (Phi) is 5.11. The van der Waals surface area contributed by atoms with Gasteiger partial charge in [-0.1, -0.05) is 36.8 Å². The number of carboxylic acid groups (broad SMARTS) is 1. The summed E-state index contributed by atoms with van der Waals surface area (Å²) in [6.45, 7) is 3.12. The van der Waals surface area contributed by atoms with Crippen molar-refractivity contribution in [2.45, 2.75) is 50.7 Å². The minimum absolute atomic E-state index is 0.189. The first-order chi connectivity index (χ1) is 10.7. The molecule has 1 unspecified atom stereocenters. The molecule has 4 heteroatoms. The molecule has 3 rings (SSSR count). The second-order valence-corrected chi connectivity index (χ2v) is 6.66. The lowest BCUT2D eigenvalue weighted by molar-refractivity contribution is -0.139. The zero-order valence-electron chi connectivity index (χ0n) is 13.2. The zero-order chi connectivity index (χ0) is 15.4. The van der Waals surface area contributed by atoms with Crippen molar-refractivity contribution in [2.75, 3.05) is 19.6 Å².